The summed E-state index contributed by atoms with van der Waals surface area (Å²) in [5.41, 5.74) is 3.59. The van der Waals surface area contributed by atoms with Gasteiger partial charge in [-0.25, -0.2) is 4.98 Å². The van der Waals surface area contributed by atoms with Crippen LogP contribution in [-0.2, 0) is 4.79 Å². The second-order valence-corrected chi connectivity index (χ2v) is 8.56. The van der Waals surface area contributed by atoms with Crippen molar-refractivity contribution in [1.82, 2.24) is 4.98 Å². The van der Waals surface area contributed by atoms with Crippen LogP contribution in [0.1, 0.15) is 17.0 Å². The van der Waals surface area contributed by atoms with Gasteiger partial charge in [0.25, 0.3) is 0 Å². The summed E-state index contributed by atoms with van der Waals surface area (Å²) in [6.07, 6.45) is 0. The third-order valence-corrected chi connectivity index (χ3v) is 6.48. The van der Waals surface area contributed by atoms with Crippen LogP contribution in [0.15, 0.2) is 96.4 Å². The van der Waals surface area contributed by atoms with Gasteiger partial charge in [0.2, 0.25) is 5.91 Å². The molecule has 5 aromatic rings. The fourth-order valence-electron chi connectivity index (χ4n) is 4.18. The van der Waals surface area contributed by atoms with Crippen molar-refractivity contribution in [3.63, 3.8) is 0 Å². The monoisotopic (exact) mass is 434 g/mol. The summed E-state index contributed by atoms with van der Waals surface area (Å²) < 4.78 is 6.01. The number of para-hydroxylation sites is 2. The Balaban J connectivity index is 1.31. The van der Waals surface area contributed by atoms with Gasteiger partial charge in [0.15, 0.2) is 5.13 Å². The van der Waals surface area contributed by atoms with Crippen LogP contribution in [-0.4, -0.2) is 10.9 Å². The van der Waals surface area contributed by atoms with Gasteiger partial charge in [0, 0.05) is 22.1 Å². The number of fused-ring (bicyclic) bond motifs is 3. The van der Waals surface area contributed by atoms with Crippen LogP contribution in [0, 0.1) is 0 Å². The molecule has 6 rings (SSSR count). The van der Waals surface area contributed by atoms with Crippen LogP contribution in [0.2, 0.25) is 0 Å². The number of ether oxygens (including phenoxy) is 1. The molecule has 1 aromatic heterocycles. The number of rotatable bonds is 3. The third kappa shape index (κ3) is 3.24. The maximum Gasteiger partial charge on any atom is 0.238 e. The number of amides is 1. The number of benzene rings is 4. The Morgan fingerprint density at radius 2 is 1.47 bits per heavy atom. The first-order valence-electron chi connectivity index (χ1n) is 10.4. The number of hydrogen-bond acceptors (Lipinski definition) is 4. The van der Waals surface area contributed by atoms with Crippen LogP contribution >= 0.6 is 11.3 Å². The van der Waals surface area contributed by atoms with E-state index in [-0.39, 0.29) is 5.91 Å². The molecule has 0 unspecified atom stereocenters. The first-order chi connectivity index (χ1) is 15.8. The molecule has 1 aliphatic heterocycles. The molecular weight excluding hydrogens is 416 g/mol. The number of nitrogens with one attached hydrogen (secondary N) is 1. The van der Waals surface area contributed by atoms with Crippen molar-refractivity contribution >= 4 is 33.1 Å². The fraction of sp³-hybridized carbons (Fsp3) is 0.0370. The number of nitrogens with zero attached hydrogens (tertiary/aromatic N) is 1. The van der Waals surface area contributed by atoms with Gasteiger partial charge < -0.3 is 10.1 Å². The Bertz CT molecular complexity index is 1430. The van der Waals surface area contributed by atoms with E-state index in [1.54, 1.807) is 0 Å². The molecule has 1 aliphatic rings. The highest BCUT2D eigenvalue weighted by Crippen LogP contribution is 2.44. The molecule has 4 aromatic carbocycles. The summed E-state index contributed by atoms with van der Waals surface area (Å²) in [6.45, 7) is 0. The summed E-state index contributed by atoms with van der Waals surface area (Å²) in [5, 5.41) is 7.95. The highest BCUT2D eigenvalue weighted by molar-refractivity contribution is 7.14. The smallest absolute Gasteiger partial charge is 0.238 e. The molecule has 154 valence electrons. The van der Waals surface area contributed by atoms with E-state index in [0.29, 0.717) is 16.6 Å². The Labute approximate surface area is 189 Å². The molecule has 0 spiro atoms. The van der Waals surface area contributed by atoms with E-state index in [1.165, 1.54) is 22.1 Å². The van der Waals surface area contributed by atoms with E-state index in [2.05, 4.69) is 40.6 Å². The molecule has 0 aliphatic carbocycles. The molecule has 2 heterocycles. The molecule has 1 N–H and O–H groups in total. The van der Waals surface area contributed by atoms with E-state index in [9.17, 15) is 4.79 Å². The average molecular weight is 435 g/mol. The van der Waals surface area contributed by atoms with E-state index in [0.717, 1.165) is 22.4 Å². The lowest BCUT2D eigenvalue weighted by molar-refractivity contribution is -0.116. The van der Waals surface area contributed by atoms with Gasteiger partial charge in [-0.15, -0.1) is 11.3 Å². The minimum absolute atomic E-state index is 0.118. The Kier molecular flexibility index (Phi) is 4.47. The van der Waals surface area contributed by atoms with Crippen molar-refractivity contribution in [3.05, 3.63) is 108 Å². The molecule has 0 bridgehead atoms. The van der Waals surface area contributed by atoms with Crippen molar-refractivity contribution in [2.75, 3.05) is 5.32 Å². The van der Waals surface area contributed by atoms with Gasteiger partial charge >= 0.3 is 0 Å². The standard InChI is InChI=1S/C27H18N2O2S/c30-26(25-20-9-3-5-11-23(20)31-24-12-6-4-10-21(24)25)29-27-28-22(16-32-27)19-14-13-17-7-1-2-8-18(17)15-19/h1-16,25H,(H,28,29,30). The van der Waals surface area contributed by atoms with E-state index < -0.39 is 5.92 Å². The number of anilines is 1. The maximum absolute atomic E-state index is 13.4. The molecule has 0 radical (unpaired) electrons. The zero-order valence-electron chi connectivity index (χ0n) is 17.0. The van der Waals surface area contributed by atoms with Crippen LogP contribution in [0.4, 0.5) is 5.13 Å². The summed E-state index contributed by atoms with van der Waals surface area (Å²) in [4.78, 5) is 18.1. The minimum atomic E-state index is -0.454. The molecule has 0 atom stereocenters. The number of carbonyl (C=O) groups is 1. The predicted octanol–water partition coefficient (Wildman–Crippen LogP) is 6.84. The van der Waals surface area contributed by atoms with Crippen molar-refractivity contribution in [3.8, 4) is 22.8 Å². The van der Waals surface area contributed by atoms with Gasteiger partial charge in [-0.05, 0) is 29.0 Å². The van der Waals surface area contributed by atoms with Crippen molar-refractivity contribution in [2.45, 2.75) is 5.92 Å². The zero-order chi connectivity index (χ0) is 21.5. The number of thiazole rings is 1. The molecule has 0 saturated carbocycles. The average Bonchev–Trinajstić information content (AvgIpc) is 3.30. The van der Waals surface area contributed by atoms with Gasteiger partial charge in [0.05, 0.1) is 11.6 Å². The molecular formula is C27H18N2O2S. The van der Waals surface area contributed by atoms with Crippen LogP contribution in [0.5, 0.6) is 11.5 Å². The minimum Gasteiger partial charge on any atom is -0.457 e. The highest BCUT2D eigenvalue weighted by atomic mass is 32.1. The van der Waals surface area contributed by atoms with Crippen molar-refractivity contribution in [2.24, 2.45) is 0 Å². The quantitative estimate of drug-likeness (QED) is 0.338. The Morgan fingerprint density at radius 1 is 0.812 bits per heavy atom. The Hall–Kier alpha value is -3.96. The van der Waals surface area contributed by atoms with Crippen molar-refractivity contribution in [1.29, 1.82) is 0 Å². The van der Waals surface area contributed by atoms with E-state index in [4.69, 9.17) is 4.74 Å². The summed E-state index contributed by atoms with van der Waals surface area (Å²) in [5.74, 6) is 0.849. The highest BCUT2D eigenvalue weighted by Gasteiger charge is 2.32. The molecule has 0 saturated heterocycles. The van der Waals surface area contributed by atoms with Gasteiger partial charge in [-0.1, -0.05) is 72.8 Å². The third-order valence-electron chi connectivity index (χ3n) is 5.72. The van der Waals surface area contributed by atoms with Gasteiger partial charge in [-0.3, -0.25) is 4.79 Å². The van der Waals surface area contributed by atoms with Crippen LogP contribution in [0.3, 0.4) is 0 Å². The fourth-order valence-corrected chi connectivity index (χ4v) is 4.90. The summed E-state index contributed by atoms with van der Waals surface area (Å²) in [7, 11) is 0. The second kappa shape index (κ2) is 7.62. The first kappa shape index (κ1) is 18.8. The molecule has 5 heteroatoms. The van der Waals surface area contributed by atoms with Gasteiger partial charge in [-0.2, -0.15) is 0 Å². The Morgan fingerprint density at radius 3 is 2.22 bits per heavy atom. The summed E-state index contributed by atoms with van der Waals surface area (Å²) >= 11 is 1.43. The molecule has 32 heavy (non-hydrogen) atoms. The molecule has 4 nitrogen and oxygen atoms in total. The zero-order valence-corrected chi connectivity index (χ0v) is 17.8. The van der Waals surface area contributed by atoms with E-state index in [1.807, 2.05) is 66.0 Å². The van der Waals surface area contributed by atoms with Crippen molar-refractivity contribution < 1.29 is 9.53 Å². The summed E-state index contributed by atoms with van der Waals surface area (Å²) in [6, 6.07) is 29.9. The lowest BCUT2D eigenvalue weighted by Crippen LogP contribution is -2.25. The topological polar surface area (TPSA) is 51.2 Å². The number of carbonyl (C=O) groups excluding carboxylic acids is 1. The predicted molar refractivity (Wildman–Crippen MR) is 128 cm³/mol. The lowest BCUT2D eigenvalue weighted by atomic mass is 9.87. The second-order valence-electron chi connectivity index (χ2n) is 7.70. The number of hydrogen-bond donors (Lipinski definition) is 1. The van der Waals surface area contributed by atoms with Gasteiger partial charge in [0.1, 0.15) is 11.5 Å². The SMILES string of the molecule is O=C(Nc1nc(-c2ccc3ccccc3c2)cs1)C1c2ccccc2Oc2ccccc21. The largest absolute Gasteiger partial charge is 0.457 e. The van der Waals surface area contributed by atoms with Crippen LogP contribution < -0.4 is 10.1 Å². The molecule has 0 fully saturated rings. The first-order valence-corrected chi connectivity index (χ1v) is 11.3. The van der Waals surface area contributed by atoms with Crippen LogP contribution in [0.25, 0.3) is 22.0 Å². The van der Waals surface area contributed by atoms with E-state index >= 15 is 0 Å². The number of aromatic nitrogens is 1. The molecule has 1 amide bonds. The normalized spacial score (nSPS) is 12.6. The maximum atomic E-state index is 13.4. The lowest BCUT2D eigenvalue weighted by Gasteiger charge is -2.27.